The largest absolute Gasteiger partial charge is 0.491 e. The van der Waals surface area contributed by atoms with E-state index in [0.29, 0.717) is 59.7 Å². The van der Waals surface area contributed by atoms with Gasteiger partial charge in [0.25, 0.3) is 26.0 Å². The monoisotopic (exact) mass is 719 g/mol. The second kappa shape index (κ2) is 17.7. The fourth-order valence-corrected chi connectivity index (χ4v) is 6.58. The van der Waals surface area contributed by atoms with Gasteiger partial charge < -0.3 is 23.7 Å². The molecule has 0 atom stereocenters. The van der Waals surface area contributed by atoms with Gasteiger partial charge >= 0.3 is 0 Å². The molecule has 0 unspecified atom stereocenters. The van der Waals surface area contributed by atoms with Crippen LogP contribution in [0.3, 0.4) is 0 Å². The molecule has 0 fully saturated rings. The van der Waals surface area contributed by atoms with E-state index in [1.165, 1.54) is 12.1 Å². The molecule has 0 radical (unpaired) electrons. The molecule has 266 valence electrons. The molecule has 49 heavy (non-hydrogen) atoms. The van der Waals surface area contributed by atoms with Crippen LogP contribution in [0.1, 0.15) is 35.7 Å². The molecule has 0 spiro atoms. The van der Waals surface area contributed by atoms with E-state index >= 15 is 0 Å². The molecule has 0 saturated heterocycles. The molecule has 4 aromatic rings. The third-order valence-corrected chi connectivity index (χ3v) is 9.55. The molecule has 2 N–H and O–H groups in total. The molecule has 1 aromatic heterocycles. The van der Waals surface area contributed by atoms with Crippen LogP contribution < -0.4 is 18.8 Å². The quantitative estimate of drug-likeness (QED) is 0.0590. The molecule has 4 rings (SSSR count). The fourth-order valence-electron chi connectivity index (χ4n) is 5.12. The Balaban J connectivity index is 1.84. The summed E-state index contributed by atoms with van der Waals surface area (Å²) in [5.74, 6) is -0.567. The second-order valence-electron chi connectivity index (χ2n) is 11.2. The molecule has 13 nitrogen and oxygen atoms in total. The highest BCUT2D eigenvalue weighted by atomic mass is 32.2. The number of amides is 1. The van der Waals surface area contributed by atoms with Gasteiger partial charge in [-0.15, -0.1) is 0 Å². The van der Waals surface area contributed by atoms with E-state index in [1.54, 1.807) is 55.6 Å². The summed E-state index contributed by atoms with van der Waals surface area (Å²) in [6.45, 7) is 6.43. The Morgan fingerprint density at radius 2 is 1.33 bits per heavy atom. The van der Waals surface area contributed by atoms with E-state index in [-0.39, 0.29) is 43.2 Å². The normalized spacial score (nSPS) is 12.0. The van der Waals surface area contributed by atoms with Gasteiger partial charge in [-0.25, -0.2) is 13.1 Å². The predicted molar refractivity (Wildman–Crippen MR) is 183 cm³/mol. The van der Waals surface area contributed by atoms with E-state index in [0.717, 1.165) is 12.0 Å². The molecule has 0 aliphatic rings. The molecule has 0 aliphatic carbocycles. The van der Waals surface area contributed by atoms with Crippen LogP contribution >= 0.6 is 0 Å². The number of methoxy groups -OCH3 is 1. The molecule has 1 heterocycles. The van der Waals surface area contributed by atoms with Crippen molar-refractivity contribution in [1.29, 1.82) is 0 Å². The summed E-state index contributed by atoms with van der Waals surface area (Å²) < 4.78 is 91.3. The highest BCUT2D eigenvalue weighted by Crippen LogP contribution is 2.31. The summed E-state index contributed by atoms with van der Waals surface area (Å²) in [7, 11) is -6.94. The van der Waals surface area contributed by atoms with Crippen molar-refractivity contribution < 1.29 is 54.4 Å². The third-order valence-electron chi connectivity index (χ3n) is 7.40. The van der Waals surface area contributed by atoms with Crippen molar-refractivity contribution in [3.63, 3.8) is 0 Å². The van der Waals surface area contributed by atoms with Gasteiger partial charge in [0.2, 0.25) is 11.0 Å². The van der Waals surface area contributed by atoms with Crippen LogP contribution in [0.4, 0.5) is 0 Å². The highest BCUT2D eigenvalue weighted by molar-refractivity contribution is 7.90. The zero-order chi connectivity index (χ0) is 35.4. The SMILES string of the molecule is CCCOCCOc1ccc2c(c1)c(C(=O)NS(=O)(=O)c1ccc(C)cc1)c1cc(OCCOCCOC)ccc1[n+]2CCCS(=O)(=O)O. The zero-order valence-electron chi connectivity index (χ0n) is 27.8. The number of nitrogens with one attached hydrogen (secondary N) is 1. The van der Waals surface area contributed by atoms with E-state index in [9.17, 15) is 26.2 Å². The molecule has 0 saturated carbocycles. The first-order valence-corrected chi connectivity index (χ1v) is 18.9. The van der Waals surface area contributed by atoms with Gasteiger partial charge in [-0.2, -0.15) is 13.0 Å². The smallest absolute Gasteiger partial charge is 0.266 e. The minimum atomic E-state index is -4.28. The molecule has 1 amide bonds. The summed E-state index contributed by atoms with van der Waals surface area (Å²) in [6.07, 6.45) is 0.919. The minimum absolute atomic E-state index is 0.0428. The van der Waals surface area contributed by atoms with Crippen molar-refractivity contribution in [2.24, 2.45) is 0 Å². The van der Waals surface area contributed by atoms with Crippen molar-refractivity contribution in [2.75, 3.05) is 59.1 Å². The Hall–Kier alpha value is -3.86. The first-order chi connectivity index (χ1) is 23.4. The van der Waals surface area contributed by atoms with Crippen molar-refractivity contribution in [2.45, 2.75) is 38.1 Å². The van der Waals surface area contributed by atoms with Crippen molar-refractivity contribution in [1.82, 2.24) is 4.72 Å². The number of hydrogen-bond acceptors (Lipinski definition) is 10. The molecule has 0 bridgehead atoms. The van der Waals surface area contributed by atoms with Gasteiger partial charge in [0.05, 0.1) is 53.4 Å². The Kier molecular flexibility index (Phi) is 13.7. The first kappa shape index (κ1) is 38.0. The lowest BCUT2D eigenvalue weighted by molar-refractivity contribution is -0.645. The molecule has 0 aliphatic heterocycles. The molecule has 3 aromatic carbocycles. The van der Waals surface area contributed by atoms with E-state index in [2.05, 4.69) is 4.72 Å². The van der Waals surface area contributed by atoms with Gasteiger partial charge in [-0.1, -0.05) is 24.6 Å². The summed E-state index contributed by atoms with van der Waals surface area (Å²) in [6, 6.07) is 16.2. The minimum Gasteiger partial charge on any atom is -0.491 e. The standard InChI is InChI=1S/C34H42N2O11S2/c1-4-15-44-18-20-46-26-8-12-31-29(23-26)33(34(37)35-49(41,42)28-10-6-25(2)7-11-28)30-24-27(47-21-19-45-17-16-43-3)9-13-32(30)36(31)14-5-22-48(38,39)40/h6-13,23-24H,4-5,14-22H2,1-3H3,(H-,35,37,38,39,40)/p+1. The van der Waals surface area contributed by atoms with E-state index in [4.69, 9.17) is 23.7 Å². The van der Waals surface area contributed by atoms with Crippen LogP contribution in [-0.4, -0.2) is 86.4 Å². The number of rotatable bonds is 20. The fraction of sp³-hybridized carbons (Fsp3) is 0.412. The summed E-state index contributed by atoms with van der Waals surface area (Å²) in [5.41, 5.74) is 1.91. The average Bonchev–Trinajstić information content (AvgIpc) is 3.05. The number of sulfonamides is 1. The van der Waals surface area contributed by atoms with Crippen LogP contribution in [0, 0.1) is 6.92 Å². The van der Waals surface area contributed by atoms with E-state index in [1.807, 2.05) is 18.4 Å². The Morgan fingerprint density at radius 3 is 1.86 bits per heavy atom. The third kappa shape index (κ3) is 10.8. The van der Waals surface area contributed by atoms with Gasteiger partial charge in [0, 0.05) is 32.3 Å². The first-order valence-electron chi connectivity index (χ1n) is 15.9. The number of carbonyl (C=O) groups excluding carboxylic acids is 1. The number of benzene rings is 3. The predicted octanol–water partition coefficient (Wildman–Crippen LogP) is 3.83. The number of carbonyl (C=O) groups is 1. The number of fused-ring (bicyclic) bond motifs is 2. The number of aryl methyl sites for hydroxylation is 2. The van der Waals surface area contributed by atoms with Crippen LogP contribution in [0.15, 0.2) is 65.6 Å². The van der Waals surface area contributed by atoms with Gasteiger partial charge in [-0.3, -0.25) is 9.35 Å². The summed E-state index contributed by atoms with van der Waals surface area (Å²) in [5, 5.41) is 0.695. The highest BCUT2D eigenvalue weighted by Gasteiger charge is 2.28. The molecule has 15 heteroatoms. The zero-order valence-corrected chi connectivity index (χ0v) is 29.5. The van der Waals surface area contributed by atoms with Crippen molar-refractivity contribution in [3.8, 4) is 11.5 Å². The van der Waals surface area contributed by atoms with E-state index < -0.39 is 31.8 Å². The topological polar surface area (TPSA) is 168 Å². The maximum absolute atomic E-state index is 14.2. The van der Waals surface area contributed by atoms with Crippen LogP contribution in [0.5, 0.6) is 11.5 Å². The maximum atomic E-state index is 14.2. The van der Waals surface area contributed by atoms with Gasteiger partial charge in [0.15, 0.2) is 6.54 Å². The lowest BCUT2D eigenvalue weighted by Crippen LogP contribution is -2.38. The number of aromatic nitrogens is 1. The number of nitrogens with zero attached hydrogens (tertiary/aromatic N) is 1. The maximum Gasteiger partial charge on any atom is 0.266 e. The molecular weight excluding hydrogens is 677 g/mol. The lowest BCUT2D eigenvalue weighted by atomic mass is 10.0. The van der Waals surface area contributed by atoms with Crippen LogP contribution in [0.2, 0.25) is 0 Å². The number of hydrogen-bond donors (Lipinski definition) is 2. The second-order valence-corrected chi connectivity index (χ2v) is 14.4. The lowest BCUT2D eigenvalue weighted by Gasteiger charge is -2.15. The summed E-state index contributed by atoms with van der Waals surface area (Å²) >= 11 is 0. The average molecular weight is 720 g/mol. The molecular formula is C34H43N2O11S2+. The Morgan fingerprint density at radius 1 is 0.776 bits per heavy atom. The van der Waals surface area contributed by atoms with Crippen molar-refractivity contribution in [3.05, 3.63) is 71.8 Å². The van der Waals surface area contributed by atoms with Crippen LogP contribution in [-0.2, 0) is 40.9 Å². The number of ether oxygens (including phenoxy) is 5. The van der Waals surface area contributed by atoms with Crippen LogP contribution in [0.25, 0.3) is 21.8 Å². The number of pyridine rings is 1. The van der Waals surface area contributed by atoms with Gasteiger partial charge in [-0.05, 0) is 49.7 Å². The summed E-state index contributed by atoms with van der Waals surface area (Å²) in [4.78, 5) is 14.1. The Bertz CT molecular complexity index is 1950. The Labute approximate surface area is 286 Å². The van der Waals surface area contributed by atoms with Crippen molar-refractivity contribution >= 4 is 47.9 Å². The van der Waals surface area contributed by atoms with Gasteiger partial charge in [0.1, 0.15) is 24.7 Å².